The van der Waals surface area contributed by atoms with Gasteiger partial charge >= 0.3 is 0 Å². The van der Waals surface area contributed by atoms with Gasteiger partial charge in [-0.2, -0.15) is 0 Å². The van der Waals surface area contributed by atoms with Crippen LogP contribution in [0.25, 0.3) is 0 Å². The highest BCUT2D eigenvalue weighted by atomic mass is 16.5. The number of amides is 2. The Hall–Kier alpha value is -1.93. The lowest BCUT2D eigenvalue weighted by Crippen LogP contribution is -2.52. The van der Waals surface area contributed by atoms with Gasteiger partial charge < -0.3 is 24.1 Å². The second-order valence-electron chi connectivity index (χ2n) is 6.95. The normalized spacial score (nSPS) is 26.6. The molecular weight excluding hydrogens is 338 g/mol. The molecule has 0 unspecified atom stereocenters. The van der Waals surface area contributed by atoms with Gasteiger partial charge in [-0.15, -0.1) is 0 Å². The smallest absolute Gasteiger partial charge is 0.289 e. The number of hydrogen-bond donors (Lipinski definition) is 1. The number of nitrogens with zero attached hydrogens (tertiary/aromatic N) is 2. The Labute approximate surface area is 153 Å². The zero-order valence-electron chi connectivity index (χ0n) is 15.6. The van der Waals surface area contributed by atoms with Crippen LogP contribution >= 0.6 is 0 Å². The van der Waals surface area contributed by atoms with Gasteiger partial charge in [0.25, 0.3) is 5.91 Å². The maximum Gasteiger partial charge on any atom is 0.289 e. The van der Waals surface area contributed by atoms with Crippen molar-refractivity contribution in [1.82, 2.24) is 15.2 Å². The van der Waals surface area contributed by atoms with Crippen molar-refractivity contribution < 1.29 is 23.5 Å². The summed E-state index contributed by atoms with van der Waals surface area (Å²) in [6.07, 6.45) is 1.95. The fraction of sp³-hybridized carbons (Fsp3) is 0.722. The molecule has 1 aromatic rings. The zero-order chi connectivity index (χ0) is 18.7. The first kappa shape index (κ1) is 18.8. The molecule has 144 valence electrons. The zero-order valence-corrected chi connectivity index (χ0v) is 15.6. The van der Waals surface area contributed by atoms with E-state index in [0.717, 1.165) is 12.8 Å². The molecule has 2 heterocycles. The van der Waals surface area contributed by atoms with E-state index in [1.165, 1.54) is 0 Å². The molecule has 3 rings (SSSR count). The lowest BCUT2D eigenvalue weighted by atomic mass is 9.82. The van der Waals surface area contributed by atoms with Crippen LogP contribution in [0, 0.1) is 19.8 Å². The molecule has 1 aliphatic carbocycles. The number of aryl methyl sites for hydroxylation is 2. The highest BCUT2D eigenvalue weighted by Gasteiger charge is 2.37. The van der Waals surface area contributed by atoms with E-state index in [1.54, 1.807) is 21.0 Å². The highest BCUT2D eigenvalue weighted by Crippen LogP contribution is 2.29. The van der Waals surface area contributed by atoms with Gasteiger partial charge in [0.2, 0.25) is 11.7 Å². The number of carbonyl (C=O) groups is 2. The summed E-state index contributed by atoms with van der Waals surface area (Å²) in [7, 11) is 1.64. The molecule has 1 saturated heterocycles. The average molecular weight is 365 g/mol. The molecule has 26 heavy (non-hydrogen) atoms. The van der Waals surface area contributed by atoms with Crippen molar-refractivity contribution in [2.45, 2.75) is 45.3 Å². The third-order valence-electron chi connectivity index (χ3n) is 5.19. The van der Waals surface area contributed by atoms with Gasteiger partial charge in [0, 0.05) is 33.0 Å². The summed E-state index contributed by atoms with van der Waals surface area (Å²) in [6, 6.07) is -0.235. The number of hydrogen-bond acceptors (Lipinski definition) is 6. The Kier molecular flexibility index (Phi) is 5.93. The van der Waals surface area contributed by atoms with Crippen LogP contribution in [0.5, 0.6) is 0 Å². The van der Waals surface area contributed by atoms with Crippen molar-refractivity contribution in [1.29, 1.82) is 0 Å². The van der Waals surface area contributed by atoms with Crippen molar-refractivity contribution in [3.63, 3.8) is 0 Å². The summed E-state index contributed by atoms with van der Waals surface area (Å²) in [4.78, 5) is 31.4. The van der Waals surface area contributed by atoms with Crippen LogP contribution in [0.2, 0.25) is 0 Å². The molecule has 1 saturated carbocycles. The summed E-state index contributed by atoms with van der Waals surface area (Å²) >= 11 is 0. The standard InChI is InChI=1S/C18H27N3O5/c1-11-16(26-12(2)19-11)17(22)20-14-10-13(4-5-15(14)24-3)18(23)21-6-8-25-9-7-21/h13-15H,4-10H2,1-3H3,(H,20,22)/t13-,14+,15+/m0/s1. The van der Waals surface area contributed by atoms with Gasteiger partial charge in [-0.05, 0) is 26.2 Å². The highest BCUT2D eigenvalue weighted by molar-refractivity contribution is 5.92. The minimum Gasteiger partial charge on any atom is -0.436 e. The predicted octanol–water partition coefficient (Wildman–Crippen LogP) is 1.06. The van der Waals surface area contributed by atoms with Crippen LogP contribution in [0.3, 0.4) is 0 Å². The van der Waals surface area contributed by atoms with Gasteiger partial charge in [-0.3, -0.25) is 9.59 Å². The van der Waals surface area contributed by atoms with E-state index in [2.05, 4.69) is 10.3 Å². The molecule has 3 atom stereocenters. The monoisotopic (exact) mass is 365 g/mol. The summed E-state index contributed by atoms with van der Waals surface area (Å²) in [5, 5.41) is 2.98. The van der Waals surface area contributed by atoms with Gasteiger partial charge in [0.05, 0.1) is 31.1 Å². The first-order valence-electron chi connectivity index (χ1n) is 9.13. The molecule has 1 N–H and O–H groups in total. The first-order valence-corrected chi connectivity index (χ1v) is 9.13. The molecule has 0 aromatic carbocycles. The molecular formula is C18H27N3O5. The molecule has 2 fully saturated rings. The Bertz CT molecular complexity index is 653. The third kappa shape index (κ3) is 4.07. The minimum absolute atomic E-state index is 0.109. The third-order valence-corrected chi connectivity index (χ3v) is 5.19. The number of methoxy groups -OCH3 is 1. The van der Waals surface area contributed by atoms with Crippen LogP contribution < -0.4 is 5.32 Å². The SMILES string of the molecule is CO[C@@H]1CC[C@H](C(=O)N2CCOCC2)C[C@H]1NC(=O)c1oc(C)nc1C. The maximum atomic E-state index is 12.8. The number of aromatic nitrogens is 1. The lowest BCUT2D eigenvalue weighted by Gasteiger charge is -2.37. The summed E-state index contributed by atoms with van der Waals surface area (Å²) in [6.45, 7) is 5.89. The second-order valence-corrected chi connectivity index (χ2v) is 6.95. The van der Waals surface area contributed by atoms with Gasteiger partial charge in [-0.1, -0.05) is 0 Å². The quantitative estimate of drug-likeness (QED) is 0.858. The second kappa shape index (κ2) is 8.18. The first-order chi connectivity index (χ1) is 12.5. The Morgan fingerprint density at radius 3 is 2.58 bits per heavy atom. The van der Waals surface area contributed by atoms with Crippen LogP contribution in [0.15, 0.2) is 4.42 Å². The van der Waals surface area contributed by atoms with E-state index in [0.29, 0.717) is 44.3 Å². The van der Waals surface area contributed by atoms with E-state index in [9.17, 15) is 9.59 Å². The van der Waals surface area contributed by atoms with Crippen molar-refractivity contribution >= 4 is 11.8 Å². The van der Waals surface area contributed by atoms with E-state index in [1.807, 2.05) is 4.90 Å². The molecule has 0 spiro atoms. The lowest BCUT2D eigenvalue weighted by molar-refractivity contribution is -0.142. The van der Waals surface area contributed by atoms with Gasteiger partial charge in [-0.25, -0.2) is 4.98 Å². The fourth-order valence-electron chi connectivity index (χ4n) is 3.82. The van der Waals surface area contributed by atoms with E-state index < -0.39 is 0 Å². The van der Waals surface area contributed by atoms with Gasteiger partial charge in [0.1, 0.15) is 0 Å². The molecule has 2 amide bonds. The summed E-state index contributed by atoms with van der Waals surface area (Å²) in [5.41, 5.74) is 0.561. The minimum atomic E-state index is -0.311. The number of ether oxygens (including phenoxy) is 2. The van der Waals surface area contributed by atoms with Crippen molar-refractivity contribution in [3.8, 4) is 0 Å². The van der Waals surface area contributed by atoms with Crippen molar-refractivity contribution in [2.75, 3.05) is 33.4 Å². The van der Waals surface area contributed by atoms with E-state index in [4.69, 9.17) is 13.9 Å². The molecule has 0 bridgehead atoms. The number of morpholine rings is 1. The number of rotatable bonds is 4. The Morgan fingerprint density at radius 1 is 1.23 bits per heavy atom. The fourth-order valence-corrected chi connectivity index (χ4v) is 3.82. The van der Waals surface area contributed by atoms with Gasteiger partial charge in [0.15, 0.2) is 5.89 Å². The van der Waals surface area contributed by atoms with Crippen molar-refractivity contribution in [2.24, 2.45) is 5.92 Å². The molecule has 1 aliphatic heterocycles. The molecule has 8 heteroatoms. The Balaban J connectivity index is 1.66. The number of nitrogens with one attached hydrogen (secondary N) is 1. The number of carbonyl (C=O) groups excluding carboxylic acids is 2. The largest absolute Gasteiger partial charge is 0.436 e. The van der Waals surface area contributed by atoms with Crippen LogP contribution in [-0.2, 0) is 14.3 Å². The molecule has 1 aromatic heterocycles. The molecule has 2 aliphatic rings. The topological polar surface area (TPSA) is 93.9 Å². The van der Waals surface area contributed by atoms with Crippen molar-refractivity contribution in [3.05, 3.63) is 17.3 Å². The average Bonchev–Trinajstić information content (AvgIpc) is 3.00. The van der Waals surface area contributed by atoms with Crippen LogP contribution in [0.1, 0.15) is 41.4 Å². The molecule has 8 nitrogen and oxygen atoms in total. The summed E-state index contributed by atoms with van der Waals surface area (Å²) in [5.74, 6) is 0.407. The van der Waals surface area contributed by atoms with E-state index in [-0.39, 0.29) is 35.6 Å². The Morgan fingerprint density at radius 2 is 1.96 bits per heavy atom. The van der Waals surface area contributed by atoms with Crippen LogP contribution in [0.4, 0.5) is 0 Å². The maximum absolute atomic E-state index is 12.8. The predicted molar refractivity (Wildman–Crippen MR) is 92.8 cm³/mol. The van der Waals surface area contributed by atoms with Crippen LogP contribution in [-0.4, -0.2) is 67.3 Å². The molecule has 0 radical (unpaired) electrons. The summed E-state index contributed by atoms with van der Waals surface area (Å²) < 4.78 is 16.3. The number of oxazole rings is 1. The van der Waals surface area contributed by atoms with E-state index >= 15 is 0 Å².